The van der Waals surface area contributed by atoms with E-state index < -0.39 is 0 Å². The van der Waals surface area contributed by atoms with Crippen molar-refractivity contribution in [2.45, 2.75) is 20.3 Å². The third kappa shape index (κ3) is 2.99. The molecule has 0 spiro atoms. The zero-order valence-electron chi connectivity index (χ0n) is 11.2. The molecule has 1 aliphatic heterocycles. The Bertz CT molecular complexity index is 283. The average molecular weight is 240 g/mol. The Morgan fingerprint density at radius 2 is 1.88 bits per heavy atom. The predicted octanol–water partition coefficient (Wildman–Crippen LogP) is 0.823. The van der Waals surface area contributed by atoms with Gasteiger partial charge in [0.25, 0.3) is 0 Å². The molecule has 0 radical (unpaired) electrons. The van der Waals surface area contributed by atoms with Crippen LogP contribution < -0.4 is 0 Å². The van der Waals surface area contributed by atoms with Crippen LogP contribution >= 0.6 is 0 Å². The Hall–Kier alpha value is -0.610. The van der Waals surface area contributed by atoms with Crippen LogP contribution in [-0.4, -0.2) is 62.1 Å². The molecule has 1 amide bonds. The number of rotatable bonds is 4. The molecule has 1 unspecified atom stereocenters. The van der Waals surface area contributed by atoms with E-state index in [0.29, 0.717) is 5.91 Å². The second-order valence-electron chi connectivity index (χ2n) is 5.91. The summed E-state index contributed by atoms with van der Waals surface area (Å²) in [5.41, 5.74) is 0.254. The van der Waals surface area contributed by atoms with Gasteiger partial charge in [0.2, 0.25) is 5.91 Å². The van der Waals surface area contributed by atoms with Gasteiger partial charge in [-0.05, 0) is 11.8 Å². The maximum absolute atomic E-state index is 12.2. The summed E-state index contributed by atoms with van der Waals surface area (Å²) in [7, 11) is 1.73. The number of carbonyl (C=O) groups is 1. The summed E-state index contributed by atoms with van der Waals surface area (Å²) in [5, 5.41) is 0. The Morgan fingerprint density at radius 3 is 2.35 bits per heavy atom. The fourth-order valence-corrected chi connectivity index (χ4v) is 2.52. The van der Waals surface area contributed by atoms with Crippen LogP contribution in [0.5, 0.6) is 0 Å². The molecule has 17 heavy (non-hydrogen) atoms. The number of methoxy groups -OCH3 is 1. The molecule has 0 bridgehead atoms. The molecule has 1 atom stereocenters. The SMILES string of the molecule is COCCN1CCN(C(=O)C2CC2(C)C)CC1. The fourth-order valence-electron chi connectivity index (χ4n) is 2.52. The van der Waals surface area contributed by atoms with Crippen LogP contribution in [0.4, 0.5) is 0 Å². The molecule has 1 aliphatic carbocycles. The minimum Gasteiger partial charge on any atom is -0.383 e. The van der Waals surface area contributed by atoms with Gasteiger partial charge in [-0.15, -0.1) is 0 Å². The zero-order chi connectivity index (χ0) is 12.5. The van der Waals surface area contributed by atoms with E-state index in [1.54, 1.807) is 7.11 Å². The van der Waals surface area contributed by atoms with Crippen LogP contribution in [0.25, 0.3) is 0 Å². The molecule has 0 aromatic rings. The molecule has 4 nitrogen and oxygen atoms in total. The van der Waals surface area contributed by atoms with Gasteiger partial charge < -0.3 is 9.64 Å². The van der Waals surface area contributed by atoms with Gasteiger partial charge in [0.05, 0.1) is 6.61 Å². The predicted molar refractivity (Wildman–Crippen MR) is 66.8 cm³/mol. The van der Waals surface area contributed by atoms with E-state index in [2.05, 4.69) is 18.7 Å². The lowest BCUT2D eigenvalue weighted by atomic mass is 10.1. The minimum atomic E-state index is 0.254. The largest absolute Gasteiger partial charge is 0.383 e. The molecule has 2 rings (SSSR count). The first-order chi connectivity index (χ1) is 8.04. The van der Waals surface area contributed by atoms with E-state index in [9.17, 15) is 4.79 Å². The highest BCUT2D eigenvalue weighted by molar-refractivity contribution is 5.82. The lowest BCUT2D eigenvalue weighted by molar-refractivity contribution is -0.135. The standard InChI is InChI=1S/C13H24N2O2/c1-13(2)10-11(13)12(16)15-6-4-14(5-7-15)8-9-17-3/h11H,4-10H2,1-3H3. The Kier molecular flexibility index (Phi) is 3.73. The van der Waals surface area contributed by atoms with Gasteiger partial charge in [-0.25, -0.2) is 0 Å². The third-order valence-electron chi connectivity index (χ3n) is 4.11. The van der Waals surface area contributed by atoms with Crippen molar-refractivity contribution >= 4 is 5.91 Å². The molecular weight excluding hydrogens is 216 g/mol. The van der Waals surface area contributed by atoms with Crippen molar-refractivity contribution in [3.05, 3.63) is 0 Å². The van der Waals surface area contributed by atoms with Crippen molar-refractivity contribution in [3.8, 4) is 0 Å². The first kappa shape index (κ1) is 12.8. The van der Waals surface area contributed by atoms with Crippen molar-refractivity contribution in [2.24, 2.45) is 11.3 Å². The van der Waals surface area contributed by atoms with Crippen molar-refractivity contribution in [3.63, 3.8) is 0 Å². The average Bonchev–Trinajstić information content (AvgIpc) is 2.95. The van der Waals surface area contributed by atoms with E-state index in [0.717, 1.165) is 45.8 Å². The van der Waals surface area contributed by atoms with Crippen LogP contribution in [0.2, 0.25) is 0 Å². The topological polar surface area (TPSA) is 32.8 Å². The highest BCUT2D eigenvalue weighted by Gasteiger charge is 2.52. The number of piperazine rings is 1. The van der Waals surface area contributed by atoms with E-state index >= 15 is 0 Å². The van der Waals surface area contributed by atoms with Crippen LogP contribution in [0.1, 0.15) is 20.3 Å². The number of amides is 1. The molecule has 98 valence electrons. The van der Waals surface area contributed by atoms with Gasteiger partial charge in [-0.2, -0.15) is 0 Å². The molecule has 4 heteroatoms. The monoisotopic (exact) mass is 240 g/mol. The summed E-state index contributed by atoms with van der Waals surface area (Å²) in [6.07, 6.45) is 1.07. The van der Waals surface area contributed by atoms with E-state index in [1.165, 1.54) is 0 Å². The summed E-state index contributed by atoms with van der Waals surface area (Å²) in [6.45, 7) is 9.88. The second-order valence-corrected chi connectivity index (χ2v) is 5.91. The van der Waals surface area contributed by atoms with E-state index in [4.69, 9.17) is 4.74 Å². The lowest BCUT2D eigenvalue weighted by Gasteiger charge is -2.35. The highest BCUT2D eigenvalue weighted by atomic mass is 16.5. The van der Waals surface area contributed by atoms with Gasteiger partial charge in [0, 0.05) is 45.8 Å². The zero-order valence-corrected chi connectivity index (χ0v) is 11.2. The van der Waals surface area contributed by atoms with Gasteiger partial charge in [-0.1, -0.05) is 13.8 Å². The summed E-state index contributed by atoms with van der Waals surface area (Å²) < 4.78 is 5.07. The first-order valence-corrected chi connectivity index (χ1v) is 6.54. The van der Waals surface area contributed by atoms with Crippen molar-refractivity contribution < 1.29 is 9.53 Å². The molecule has 0 aromatic carbocycles. The summed E-state index contributed by atoms with van der Waals surface area (Å²) in [6, 6.07) is 0. The quantitative estimate of drug-likeness (QED) is 0.729. The smallest absolute Gasteiger partial charge is 0.226 e. The summed E-state index contributed by atoms with van der Waals surface area (Å²) >= 11 is 0. The number of carbonyl (C=O) groups excluding carboxylic acids is 1. The van der Waals surface area contributed by atoms with Gasteiger partial charge >= 0.3 is 0 Å². The number of nitrogens with zero attached hydrogens (tertiary/aromatic N) is 2. The summed E-state index contributed by atoms with van der Waals surface area (Å²) in [5.74, 6) is 0.661. The fraction of sp³-hybridized carbons (Fsp3) is 0.923. The normalized spacial score (nSPS) is 28.2. The van der Waals surface area contributed by atoms with Crippen LogP contribution in [0.3, 0.4) is 0 Å². The van der Waals surface area contributed by atoms with Gasteiger partial charge in [-0.3, -0.25) is 9.69 Å². The first-order valence-electron chi connectivity index (χ1n) is 6.54. The molecular formula is C13H24N2O2. The molecule has 1 saturated heterocycles. The maximum atomic E-state index is 12.2. The second kappa shape index (κ2) is 4.94. The Labute approximate surface area is 104 Å². The number of ether oxygens (including phenoxy) is 1. The lowest BCUT2D eigenvalue weighted by Crippen LogP contribution is -2.50. The Morgan fingerprint density at radius 1 is 1.29 bits per heavy atom. The van der Waals surface area contributed by atoms with Crippen LogP contribution in [0, 0.1) is 11.3 Å². The molecule has 0 aromatic heterocycles. The van der Waals surface area contributed by atoms with Crippen molar-refractivity contribution in [1.29, 1.82) is 0 Å². The van der Waals surface area contributed by atoms with E-state index in [-0.39, 0.29) is 11.3 Å². The van der Waals surface area contributed by atoms with Crippen molar-refractivity contribution in [2.75, 3.05) is 46.4 Å². The third-order valence-corrected chi connectivity index (χ3v) is 4.11. The van der Waals surface area contributed by atoms with Gasteiger partial charge in [0.15, 0.2) is 0 Å². The molecule has 2 aliphatic rings. The van der Waals surface area contributed by atoms with E-state index in [1.807, 2.05) is 4.90 Å². The minimum absolute atomic E-state index is 0.254. The molecule has 0 N–H and O–H groups in total. The van der Waals surface area contributed by atoms with Gasteiger partial charge in [0.1, 0.15) is 0 Å². The number of hydrogen-bond donors (Lipinski definition) is 0. The molecule has 1 heterocycles. The summed E-state index contributed by atoms with van der Waals surface area (Å²) in [4.78, 5) is 16.6. The van der Waals surface area contributed by atoms with Crippen LogP contribution in [0.15, 0.2) is 0 Å². The number of hydrogen-bond acceptors (Lipinski definition) is 3. The molecule has 1 saturated carbocycles. The highest BCUT2D eigenvalue weighted by Crippen LogP contribution is 2.52. The molecule has 2 fully saturated rings. The maximum Gasteiger partial charge on any atom is 0.226 e. The van der Waals surface area contributed by atoms with Crippen LogP contribution in [-0.2, 0) is 9.53 Å². The Balaban J connectivity index is 1.74. The van der Waals surface area contributed by atoms with Crippen molar-refractivity contribution in [1.82, 2.24) is 9.80 Å².